The first-order chi connectivity index (χ1) is 7.40. The first-order valence-electron chi connectivity index (χ1n) is 6.01. The third kappa shape index (κ3) is 1.73. The molecule has 4 rings (SSSR count). The van der Waals surface area contributed by atoms with Crippen molar-refractivity contribution in [1.29, 1.82) is 0 Å². The maximum Gasteiger partial charge on any atom is 0.0877 e. The fraction of sp³-hybridized carbons (Fsp3) is 0.833. The van der Waals surface area contributed by atoms with Gasteiger partial charge in [-0.1, -0.05) is 12.2 Å². The second-order valence-corrected chi connectivity index (χ2v) is 5.05. The van der Waals surface area contributed by atoms with Crippen molar-refractivity contribution < 1.29 is 14.2 Å². The number of fused-ring (bicyclic) bond motifs is 3. The number of ether oxygens (including phenoxy) is 3. The van der Waals surface area contributed by atoms with E-state index in [9.17, 15) is 0 Å². The molecule has 82 valence electrons. The van der Waals surface area contributed by atoms with Crippen molar-refractivity contribution in [3.05, 3.63) is 12.2 Å². The van der Waals surface area contributed by atoms with Crippen LogP contribution in [0.3, 0.4) is 0 Å². The van der Waals surface area contributed by atoms with E-state index in [0.29, 0.717) is 36.6 Å². The van der Waals surface area contributed by atoms with Crippen molar-refractivity contribution in [2.45, 2.75) is 62.3 Å². The number of hydrogen-bond donors (Lipinski definition) is 0. The fourth-order valence-corrected chi connectivity index (χ4v) is 2.70. The van der Waals surface area contributed by atoms with Gasteiger partial charge in [0, 0.05) is 12.8 Å². The predicted molar refractivity (Wildman–Crippen MR) is 53.6 cm³/mol. The molecular weight excluding hydrogens is 192 g/mol. The van der Waals surface area contributed by atoms with Gasteiger partial charge in [-0.15, -0.1) is 0 Å². The average Bonchev–Trinajstić information content (AvgIpc) is 3.06. The standard InChI is InChI=1S/C12H16O3/c1-2-4-8-10(14-8)6-12-11(15-12)5-9-7(3-1)13-9/h1-2,7-12H,3-6H2/b2-1-/t7-,8+,9+,10-,11-,12+. The lowest BCUT2D eigenvalue weighted by Gasteiger charge is -1.93. The predicted octanol–water partition coefficient (Wildman–Crippen LogP) is 1.42. The van der Waals surface area contributed by atoms with Gasteiger partial charge in [-0.05, 0) is 12.8 Å². The Labute approximate surface area is 89.4 Å². The Morgan fingerprint density at radius 1 is 0.600 bits per heavy atom. The van der Waals surface area contributed by atoms with Crippen LogP contribution in [0.2, 0.25) is 0 Å². The zero-order valence-electron chi connectivity index (χ0n) is 8.67. The lowest BCUT2D eigenvalue weighted by Crippen LogP contribution is -2.05. The highest BCUT2D eigenvalue weighted by atomic mass is 16.6. The maximum absolute atomic E-state index is 5.64. The molecule has 0 saturated carbocycles. The molecule has 0 bridgehead atoms. The second kappa shape index (κ2) is 3.06. The molecule has 0 unspecified atom stereocenters. The van der Waals surface area contributed by atoms with E-state index >= 15 is 0 Å². The Hall–Kier alpha value is -0.380. The summed E-state index contributed by atoms with van der Waals surface area (Å²) in [6.45, 7) is 0. The zero-order valence-corrected chi connectivity index (χ0v) is 8.67. The van der Waals surface area contributed by atoms with Crippen LogP contribution in [0, 0.1) is 0 Å². The van der Waals surface area contributed by atoms with E-state index in [1.54, 1.807) is 0 Å². The molecule has 3 fully saturated rings. The van der Waals surface area contributed by atoms with Crippen molar-refractivity contribution in [1.82, 2.24) is 0 Å². The van der Waals surface area contributed by atoms with E-state index in [4.69, 9.17) is 14.2 Å². The van der Waals surface area contributed by atoms with Gasteiger partial charge >= 0.3 is 0 Å². The molecule has 3 aliphatic heterocycles. The second-order valence-electron chi connectivity index (χ2n) is 5.05. The van der Waals surface area contributed by atoms with E-state index in [0.717, 1.165) is 25.7 Å². The summed E-state index contributed by atoms with van der Waals surface area (Å²) in [5.41, 5.74) is 0. The molecular formula is C12H16O3. The number of epoxide rings is 3. The summed E-state index contributed by atoms with van der Waals surface area (Å²) >= 11 is 0. The first-order valence-corrected chi connectivity index (χ1v) is 6.01. The SMILES string of the molecule is C1=C\C[C@H]2O[C@H]2C[C@H]2O[C@H]2C[C@H]2O[C@H]2C/1. The lowest BCUT2D eigenvalue weighted by molar-refractivity contribution is 0.311. The van der Waals surface area contributed by atoms with E-state index in [2.05, 4.69) is 12.2 Å². The van der Waals surface area contributed by atoms with Gasteiger partial charge in [0.05, 0.1) is 36.6 Å². The molecule has 0 radical (unpaired) electrons. The molecule has 0 amide bonds. The molecule has 0 aromatic heterocycles. The Kier molecular flexibility index (Phi) is 1.78. The minimum absolute atomic E-state index is 0.466. The van der Waals surface area contributed by atoms with E-state index < -0.39 is 0 Å². The van der Waals surface area contributed by atoms with Gasteiger partial charge in [0.15, 0.2) is 0 Å². The molecule has 3 nitrogen and oxygen atoms in total. The van der Waals surface area contributed by atoms with Crippen molar-refractivity contribution in [2.24, 2.45) is 0 Å². The molecule has 3 saturated heterocycles. The van der Waals surface area contributed by atoms with Gasteiger partial charge in [-0.2, -0.15) is 0 Å². The molecule has 0 N–H and O–H groups in total. The topological polar surface area (TPSA) is 37.6 Å². The third-order valence-electron chi connectivity index (χ3n) is 3.90. The van der Waals surface area contributed by atoms with E-state index in [-0.39, 0.29) is 0 Å². The smallest absolute Gasteiger partial charge is 0.0877 e. The van der Waals surface area contributed by atoms with E-state index in [1.165, 1.54) is 0 Å². The van der Waals surface area contributed by atoms with Crippen LogP contribution in [0.15, 0.2) is 12.2 Å². The normalized spacial score (nSPS) is 58.7. The molecule has 0 aromatic rings. The van der Waals surface area contributed by atoms with Crippen LogP contribution < -0.4 is 0 Å². The van der Waals surface area contributed by atoms with Crippen LogP contribution in [0.4, 0.5) is 0 Å². The third-order valence-corrected chi connectivity index (χ3v) is 3.90. The summed E-state index contributed by atoms with van der Waals surface area (Å²) < 4.78 is 16.9. The quantitative estimate of drug-likeness (QED) is 0.446. The summed E-state index contributed by atoms with van der Waals surface area (Å²) in [4.78, 5) is 0. The Morgan fingerprint density at radius 3 is 1.53 bits per heavy atom. The highest BCUT2D eigenvalue weighted by Crippen LogP contribution is 2.42. The molecule has 4 aliphatic rings. The lowest BCUT2D eigenvalue weighted by atomic mass is 10.0. The average molecular weight is 208 g/mol. The van der Waals surface area contributed by atoms with Crippen molar-refractivity contribution >= 4 is 0 Å². The molecule has 3 heteroatoms. The minimum atomic E-state index is 0.466. The monoisotopic (exact) mass is 208 g/mol. The van der Waals surface area contributed by atoms with Crippen molar-refractivity contribution in [3.63, 3.8) is 0 Å². The van der Waals surface area contributed by atoms with Crippen LogP contribution in [0.1, 0.15) is 25.7 Å². The highest BCUT2D eigenvalue weighted by molar-refractivity contribution is 5.04. The first kappa shape index (κ1) is 8.74. The van der Waals surface area contributed by atoms with Crippen LogP contribution >= 0.6 is 0 Å². The van der Waals surface area contributed by atoms with Gasteiger partial charge in [0.1, 0.15) is 0 Å². The summed E-state index contributed by atoms with van der Waals surface area (Å²) in [5, 5.41) is 0. The molecule has 0 spiro atoms. The Bertz CT molecular complexity index is 273. The Balaban J connectivity index is 1.43. The fourth-order valence-electron chi connectivity index (χ4n) is 2.70. The largest absolute Gasteiger partial charge is 0.369 e. The molecule has 6 atom stereocenters. The van der Waals surface area contributed by atoms with Crippen molar-refractivity contribution in [3.8, 4) is 0 Å². The van der Waals surface area contributed by atoms with Crippen LogP contribution in [-0.2, 0) is 14.2 Å². The summed E-state index contributed by atoms with van der Waals surface area (Å²) in [6.07, 6.45) is 11.6. The van der Waals surface area contributed by atoms with Gasteiger partial charge in [-0.3, -0.25) is 0 Å². The maximum atomic E-state index is 5.64. The minimum Gasteiger partial charge on any atom is -0.369 e. The van der Waals surface area contributed by atoms with Crippen molar-refractivity contribution in [2.75, 3.05) is 0 Å². The molecule has 1 aliphatic carbocycles. The number of hydrogen-bond acceptors (Lipinski definition) is 3. The zero-order chi connectivity index (χ0) is 9.83. The highest BCUT2D eigenvalue weighted by Gasteiger charge is 2.51. The summed E-state index contributed by atoms with van der Waals surface area (Å²) in [5.74, 6) is 0. The molecule has 0 aromatic carbocycles. The van der Waals surface area contributed by atoms with Crippen LogP contribution in [0.5, 0.6) is 0 Å². The van der Waals surface area contributed by atoms with E-state index in [1.807, 2.05) is 0 Å². The summed E-state index contributed by atoms with van der Waals surface area (Å²) in [6, 6.07) is 0. The van der Waals surface area contributed by atoms with Crippen LogP contribution in [0.25, 0.3) is 0 Å². The Morgan fingerprint density at radius 2 is 1.00 bits per heavy atom. The summed E-state index contributed by atoms with van der Waals surface area (Å²) in [7, 11) is 0. The van der Waals surface area contributed by atoms with Gasteiger partial charge in [0.25, 0.3) is 0 Å². The molecule has 15 heavy (non-hydrogen) atoms. The van der Waals surface area contributed by atoms with Gasteiger partial charge in [0.2, 0.25) is 0 Å². The van der Waals surface area contributed by atoms with Gasteiger partial charge < -0.3 is 14.2 Å². The van der Waals surface area contributed by atoms with Gasteiger partial charge in [-0.25, -0.2) is 0 Å². The molecule has 3 heterocycles. The number of rotatable bonds is 0. The van der Waals surface area contributed by atoms with Crippen LogP contribution in [-0.4, -0.2) is 36.6 Å².